The minimum absolute atomic E-state index is 0.0555. The van der Waals surface area contributed by atoms with Crippen LogP contribution in [0.3, 0.4) is 0 Å². The van der Waals surface area contributed by atoms with Gasteiger partial charge >= 0.3 is 6.16 Å². The Hall–Kier alpha value is -4.41. The molecule has 11 nitrogen and oxygen atoms in total. The molecule has 0 radical (unpaired) electrons. The molecule has 1 fully saturated rings. The maximum Gasteiger partial charge on any atom is 0.514 e. The Morgan fingerprint density at radius 2 is 1.97 bits per heavy atom. The number of carbonyl (C=O) groups is 2. The second-order valence-corrected chi connectivity index (χ2v) is 8.24. The van der Waals surface area contributed by atoms with E-state index in [1.807, 2.05) is 18.2 Å². The molecular formula is C23H21N5O6. The van der Waals surface area contributed by atoms with E-state index in [-0.39, 0.29) is 29.4 Å². The van der Waals surface area contributed by atoms with Gasteiger partial charge in [0.1, 0.15) is 17.7 Å². The predicted octanol–water partition coefficient (Wildman–Crippen LogP) is 4.16. The molecule has 2 atom stereocenters. The van der Waals surface area contributed by atoms with Crippen molar-refractivity contribution in [2.24, 2.45) is 0 Å². The minimum Gasteiger partial charge on any atom is -0.431 e. The van der Waals surface area contributed by atoms with Gasteiger partial charge in [-0.15, -0.1) is 0 Å². The van der Waals surface area contributed by atoms with Gasteiger partial charge in [-0.2, -0.15) is 5.10 Å². The number of fused-ring (bicyclic) bond motifs is 1. The first-order chi connectivity index (χ1) is 16.4. The van der Waals surface area contributed by atoms with Crippen molar-refractivity contribution >= 4 is 29.3 Å². The third-order valence-electron chi connectivity index (χ3n) is 5.98. The average Bonchev–Trinajstić information content (AvgIpc) is 3.55. The SMILES string of the molecule is O=C(Oc1ccc([N+](=O)[O-])cc1)O[C@@H]1CC[C@H](c2cc(Nc3ccc4c(c3)CNC4=O)[nH]n2)C1. The monoisotopic (exact) mass is 463 g/mol. The normalized spacial score (nSPS) is 18.8. The fourth-order valence-electron chi connectivity index (χ4n) is 4.28. The quantitative estimate of drug-likeness (QED) is 0.214. The van der Waals surface area contributed by atoms with Gasteiger partial charge in [0.25, 0.3) is 11.6 Å². The maximum absolute atomic E-state index is 12.1. The fraction of sp³-hybridized carbons (Fsp3) is 0.261. The molecule has 3 N–H and O–H groups in total. The Balaban J connectivity index is 1.14. The van der Waals surface area contributed by atoms with Crippen LogP contribution in [0, 0.1) is 10.1 Å². The van der Waals surface area contributed by atoms with Gasteiger partial charge in [-0.25, -0.2) is 4.79 Å². The molecule has 1 aromatic heterocycles. The van der Waals surface area contributed by atoms with E-state index in [9.17, 15) is 19.7 Å². The fourth-order valence-corrected chi connectivity index (χ4v) is 4.28. The van der Waals surface area contributed by atoms with Crippen LogP contribution in [-0.2, 0) is 11.3 Å². The summed E-state index contributed by atoms with van der Waals surface area (Å²) in [6.45, 7) is 0.522. The van der Waals surface area contributed by atoms with Crippen LogP contribution < -0.4 is 15.4 Å². The Labute approximate surface area is 193 Å². The second kappa shape index (κ2) is 8.85. The highest BCUT2D eigenvalue weighted by Crippen LogP contribution is 2.36. The Kier molecular flexibility index (Phi) is 5.58. The van der Waals surface area contributed by atoms with Crippen molar-refractivity contribution in [1.82, 2.24) is 15.5 Å². The molecule has 0 bridgehead atoms. The molecule has 1 amide bonds. The van der Waals surface area contributed by atoms with E-state index in [1.165, 1.54) is 24.3 Å². The van der Waals surface area contributed by atoms with Crippen molar-refractivity contribution in [2.45, 2.75) is 37.8 Å². The summed E-state index contributed by atoms with van der Waals surface area (Å²) < 4.78 is 10.5. The second-order valence-electron chi connectivity index (χ2n) is 8.24. The number of nitrogens with zero attached hydrogens (tertiary/aromatic N) is 2. The zero-order valence-corrected chi connectivity index (χ0v) is 17.9. The summed E-state index contributed by atoms with van der Waals surface area (Å²) in [5.41, 5.74) is 3.28. The number of carbonyl (C=O) groups excluding carboxylic acids is 2. The molecule has 1 saturated carbocycles. The number of H-pyrrole nitrogens is 1. The Morgan fingerprint density at radius 1 is 1.15 bits per heavy atom. The van der Waals surface area contributed by atoms with Gasteiger partial charge in [-0.3, -0.25) is 20.0 Å². The van der Waals surface area contributed by atoms with Gasteiger partial charge in [-0.1, -0.05) is 0 Å². The van der Waals surface area contributed by atoms with Crippen LogP contribution in [0.1, 0.15) is 46.8 Å². The third kappa shape index (κ3) is 4.53. The minimum atomic E-state index is -0.839. The zero-order chi connectivity index (χ0) is 23.7. The predicted molar refractivity (Wildman–Crippen MR) is 120 cm³/mol. The lowest BCUT2D eigenvalue weighted by atomic mass is 10.0. The Bertz CT molecular complexity index is 1250. The summed E-state index contributed by atoms with van der Waals surface area (Å²) in [6, 6.07) is 12.7. The van der Waals surface area contributed by atoms with Crippen LogP contribution in [0.4, 0.5) is 22.0 Å². The van der Waals surface area contributed by atoms with Crippen LogP contribution in [0.15, 0.2) is 48.5 Å². The molecule has 0 spiro atoms. The molecule has 1 aliphatic carbocycles. The number of amides is 1. The first-order valence-electron chi connectivity index (χ1n) is 10.8. The molecule has 2 aliphatic rings. The standard InChI is InChI=1S/C23H21N5O6/c29-22-19-8-2-15(9-14(19)12-24-22)25-21-11-20(26-27-21)13-1-5-18(10-13)34-23(30)33-17-6-3-16(4-7-17)28(31)32/h2-4,6-9,11,13,18H,1,5,10,12H2,(H,24,29)(H2,25,26,27)/t13-,18+/m0/s1. The third-order valence-corrected chi connectivity index (χ3v) is 5.98. The van der Waals surface area contributed by atoms with E-state index < -0.39 is 11.1 Å². The van der Waals surface area contributed by atoms with Crippen molar-refractivity contribution in [3.05, 3.63) is 75.5 Å². The molecular weight excluding hydrogens is 442 g/mol. The lowest BCUT2D eigenvalue weighted by molar-refractivity contribution is -0.384. The van der Waals surface area contributed by atoms with Crippen LogP contribution in [0.25, 0.3) is 0 Å². The number of benzene rings is 2. The molecule has 1 aliphatic heterocycles. The zero-order valence-electron chi connectivity index (χ0n) is 17.9. The number of rotatable bonds is 6. The molecule has 3 aromatic rings. The molecule has 5 rings (SSSR count). The summed E-state index contributed by atoms with van der Waals surface area (Å²) in [5, 5.41) is 24.2. The average molecular weight is 463 g/mol. The highest BCUT2D eigenvalue weighted by atomic mass is 16.7. The van der Waals surface area contributed by atoms with Crippen LogP contribution in [-0.4, -0.2) is 33.3 Å². The lowest BCUT2D eigenvalue weighted by Crippen LogP contribution is -2.18. The maximum atomic E-state index is 12.1. The smallest absolute Gasteiger partial charge is 0.431 e. The van der Waals surface area contributed by atoms with Crippen LogP contribution >= 0.6 is 0 Å². The Morgan fingerprint density at radius 3 is 2.76 bits per heavy atom. The van der Waals surface area contributed by atoms with Gasteiger partial charge in [-0.05, 0) is 55.2 Å². The van der Waals surface area contributed by atoms with Crippen molar-refractivity contribution in [3.63, 3.8) is 0 Å². The first-order valence-corrected chi connectivity index (χ1v) is 10.8. The summed E-state index contributed by atoms with van der Waals surface area (Å²) in [4.78, 5) is 34.0. The molecule has 0 unspecified atom stereocenters. The molecule has 34 heavy (non-hydrogen) atoms. The van der Waals surface area contributed by atoms with Crippen molar-refractivity contribution in [1.29, 1.82) is 0 Å². The van der Waals surface area contributed by atoms with Gasteiger partial charge in [0, 0.05) is 41.9 Å². The van der Waals surface area contributed by atoms with Crippen molar-refractivity contribution in [2.75, 3.05) is 5.32 Å². The number of hydrogen-bond acceptors (Lipinski definition) is 8. The van der Waals surface area contributed by atoms with Crippen LogP contribution in [0.2, 0.25) is 0 Å². The largest absolute Gasteiger partial charge is 0.514 e. The molecule has 0 saturated heterocycles. The van der Waals surface area contributed by atoms with E-state index in [0.717, 1.165) is 29.2 Å². The van der Waals surface area contributed by atoms with E-state index in [4.69, 9.17) is 9.47 Å². The van der Waals surface area contributed by atoms with E-state index in [2.05, 4.69) is 20.8 Å². The van der Waals surface area contributed by atoms with Gasteiger partial charge < -0.3 is 20.1 Å². The number of ether oxygens (including phenoxy) is 2. The highest BCUT2D eigenvalue weighted by molar-refractivity contribution is 5.98. The highest BCUT2D eigenvalue weighted by Gasteiger charge is 2.31. The van der Waals surface area contributed by atoms with E-state index in [1.54, 1.807) is 6.07 Å². The number of nitro benzene ring substituents is 1. The number of aromatic amines is 1. The van der Waals surface area contributed by atoms with Gasteiger partial charge in [0.15, 0.2) is 0 Å². The summed E-state index contributed by atoms with van der Waals surface area (Å²) in [5.74, 6) is 0.986. The van der Waals surface area contributed by atoms with Crippen molar-refractivity contribution in [3.8, 4) is 5.75 Å². The number of nitro groups is 1. The number of nitrogens with one attached hydrogen (secondary N) is 3. The van der Waals surface area contributed by atoms with E-state index >= 15 is 0 Å². The van der Waals surface area contributed by atoms with Gasteiger partial charge in [0.05, 0.1) is 10.6 Å². The number of anilines is 2. The topological polar surface area (TPSA) is 148 Å². The lowest BCUT2D eigenvalue weighted by Gasteiger charge is -2.12. The number of aromatic nitrogens is 2. The molecule has 2 heterocycles. The molecule has 11 heteroatoms. The van der Waals surface area contributed by atoms with E-state index in [0.29, 0.717) is 24.9 Å². The van der Waals surface area contributed by atoms with Crippen molar-refractivity contribution < 1.29 is 24.0 Å². The van der Waals surface area contributed by atoms with Crippen LogP contribution in [0.5, 0.6) is 5.75 Å². The molecule has 2 aromatic carbocycles. The summed E-state index contributed by atoms with van der Waals surface area (Å²) in [6.07, 6.45) is 0.971. The number of non-ortho nitro benzene ring substituents is 1. The molecule has 174 valence electrons. The number of hydrogen-bond donors (Lipinski definition) is 3. The van der Waals surface area contributed by atoms with Gasteiger partial charge in [0.2, 0.25) is 0 Å². The first kappa shape index (κ1) is 21.4. The summed E-state index contributed by atoms with van der Waals surface area (Å²) in [7, 11) is 0. The summed E-state index contributed by atoms with van der Waals surface area (Å²) >= 11 is 0.